The van der Waals surface area contributed by atoms with Crippen LogP contribution in [0.5, 0.6) is 23.0 Å². The van der Waals surface area contributed by atoms with Gasteiger partial charge in [-0.3, -0.25) is 4.79 Å². The first kappa shape index (κ1) is 31.3. The Labute approximate surface area is 256 Å². The lowest BCUT2D eigenvalue weighted by atomic mass is 10.0. The summed E-state index contributed by atoms with van der Waals surface area (Å²) in [6, 6.07) is 6.70. The Hall–Kier alpha value is -4.61. The lowest BCUT2D eigenvalue weighted by molar-refractivity contribution is -0.926. The zero-order valence-electron chi connectivity index (χ0n) is 25.1. The second kappa shape index (κ2) is 12.3. The molecule has 4 aromatic rings. The lowest BCUT2D eigenvalue weighted by Crippen LogP contribution is -2.41. The minimum Gasteiger partial charge on any atom is -0.495 e. The number of quaternary nitrogens is 1. The molecule has 13 nitrogen and oxygen atoms in total. The molecule has 2 aromatic carbocycles. The number of hydrogen-bond donors (Lipinski definition) is 0. The zero-order chi connectivity index (χ0) is 31.6. The number of carbonyl (C=O) groups is 1. The van der Waals surface area contributed by atoms with Crippen molar-refractivity contribution in [3.05, 3.63) is 61.5 Å². The van der Waals surface area contributed by atoms with Gasteiger partial charge in [-0.25, -0.2) is 9.25 Å². The van der Waals surface area contributed by atoms with Crippen LogP contribution in [0.4, 0.5) is 5.95 Å². The van der Waals surface area contributed by atoms with Gasteiger partial charge in [-0.05, 0) is 52.0 Å². The van der Waals surface area contributed by atoms with E-state index < -0.39 is 4.92 Å². The molecule has 0 fully saturated rings. The van der Waals surface area contributed by atoms with Gasteiger partial charge in [-0.1, -0.05) is 10.9 Å². The Bertz CT molecular complexity index is 1770. The largest absolute Gasteiger partial charge is 0.495 e. The molecular formula is C29H32BrN6O7+. The van der Waals surface area contributed by atoms with Crippen LogP contribution in [0.2, 0.25) is 0 Å². The molecule has 0 bridgehead atoms. The summed E-state index contributed by atoms with van der Waals surface area (Å²) in [6.07, 6.45) is 0. The van der Waals surface area contributed by atoms with E-state index in [0.717, 1.165) is 0 Å². The van der Waals surface area contributed by atoms with Crippen molar-refractivity contribution in [3.8, 4) is 34.8 Å². The van der Waals surface area contributed by atoms with E-state index in [-0.39, 0.29) is 24.1 Å². The third-order valence-corrected chi connectivity index (χ3v) is 7.52. The van der Waals surface area contributed by atoms with Crippen molar-refractivity contribution in [2.75, 3.05) is 42.5 Å². The Balaban J connectivity index is 1.89. The highest BCUT2D eigenvalue weighted by molar-refractivity contribution is 9.10. The van der Waals surface area contributed by atoms with Crippen molar-refractivity contribution in [3.63, 3.8) is 0 Å². The molecule has 0 spiro atoms. The SMILES string of the molecule is CC#Cc1c(OC)ccc2c(C(=O)c3cc(OC)c(OC)c(OC)c3)nn(C[N+](C)(C)Cc3c(Br)nc([N+](=O)[O-])n3C)c12. The smallest absolute Gasteiger partial charge is 0.435 e. The molecule has 2 heterocycles. The first-order valence-corrected chi connectivity index (χ1v) is 13.7. The van der Waals surface area contributed by atoms with Gasteiger partial charge in [-0.15, -0.1) is 5.92 Å². The maximum Gasteiger partial charge on any atom is 0.435 e. The van der Waals surface area contributed by atoms with Crippen LogP contribution in [0.1, 0.15) is 34.2 Å². The summed E-state index contributed by atoms with van der Waals surface area (Å²) in [5, 5.41) is 16.8. The fourth-order valence-corrected chi connectivity index (χ4v) is 5.48. The molecule has 0 atom stereocenters. The second-order valence-corrected chi connectivity index (χ2v) is 11.0. The monoisotopic (exact) mass is 655 g/mol. The summed E-state index contributed by atoms with van der Waals surface area (Å²) >= 11 is 3.37. The van der Waals surface area contributed by atoms with Crippen LogP contribution in [-0.2, 0) is 20.3 Å². The van der Waals surface area contributed by atoms with E-state index in [4.69, 9.17) is 24.0 Å². The maximum atomic E-state index is 14.1. The number of fused-ring (bicyclic) bond motifs is 1. The Morgan fingerprint density at radius 1 is 1.07 bits per heavy atom. The van der Waals surface area contributed by atoms with Crippen LogP contribution in [0.25, 0.3) is 10.9 Å². The quantitative estimate of drug-likeness (QED) is 0.0762. The van der Waals surface area contributed by atoms with Crippen LogP contribution in [0.3, 0.4) is 0 Å². The number of ether oxygens (including phenoxy) is 4. The number of nitro groups is 1. The number of carbonyl (C=O) groups excluding carboxylic acids is 1. The van der Waals surface area contributed by atoms with E-state index in [1.54, 1.807) is 50.0 Å². The Morgan fingerprint density at radius 3 is 2.21 bits per heavy atom. The third kappa shape index (κ3) is 5.86. The highest BCUT2D eigenvalue weighted by Crippen LogP contribution is 2.39. The minimum absolute atomic E-state index is 0.198. The van der Waals surface area contributed by atoms with E-state index in [2.05, 4.69) is 32.8 Å². The van der Waals surface area contributed by atoms with E-state index >= 15 is 0 Å². The summed E-state index contributed by atoms with van der Waals surface area (Å²) < 4.78 is 25.8. The molecule has 0 unspecified atom stereocenters. The zero-order valence-corrected chi connectivity index (χ0v) is 26.7. The number of ketones is 1. The van der Waals surface area contributed by atoms with Gasteiger partial charge < -0.3 is 33.5 Å². The van der Waals surface area contributed by atoms with E-state index in [0.29, 0.717) is 66.4 Å². The van der Waals surface area contributed by atoms with E-state index in [1.165, 1.54) is 25.9 Å². The van der Waals surface area contributed by atoms with Crippen molar-refractivity contribution in [1.29, 1.82) is 0 Å². The van der Waals surface area contributed by atoms with Crippen LogP contribution >= 0.6 is 15.9 Å². The third-order valence-electron chi connectivity index (χ3n) is 6.88. The molecular weight excluding hydrogens is 624 g/mol. The van der Waals surface area contributed by atoms with E-state index in [9.17, 15) is 14.9 Å². The summed E-state index contributed by atoms with van der Waals surface area (Å²) in [7, 11) is 11.5. The Morgan fingerprint density at radius 2 is 1.70 bits per heavy atom. The number of hydrogen-bond acceptors (Lipinski definition) is 9. The molecule has 14 heteroatoms. The van der Waals surface area contributed by atoms with Gasteiger partial charge in [0, 0.05) is 10.9 Å². The first-order valence-electron chi connectivity index (χ1n) is 12.9. The van der Waals surface area contributed by atoms with Crippen LogP contribution in [-0.4, -0.2) is 77.1 Å². The number of methoxy groups -OCH3 is 4. The van der Waals surface area contributed by atoms with Gasteiger partial charge in [0.05, 0.1) is 60.7 Å². The minimum atomic E-state index is -0.529. The molecule has 0 saturated heterocycles. The summed E-state index contributed by atoms with van der Waals surface area (Å²) in [5.41, 5.74) is 2.32. The van der Waals surface area contributed by atoms with Crippen molar-refractivity contribution in [2.45, 2.75) is 20.1 Å². The standard InChI is InChI=1S/C29H32BrN6O7/c1-9-10-18-21(40-5)12-11-19-24(26(37)17-13-22(41-6)27(43-8)23(14-17)42-7)32-34(25(18)19)16-36(3,4)15-20-28(30)31-29(33(20)2)35(38)39/h11-14H,15-16H2,1-8H3/q+1. The fraction of sp³-hybridized carbons (Fsp3) is 0.345. The molecule has 0 saturated carbocycles. The molecule has 0 radical (unpaired) electrons. The van der Waals surface area contributed by atoms with Gasteiger partial charge in [0.25, 0.3) is 0 Å². The van der Waals surface area contributed by atoms with Crippen molar-refractivity contribution in [1.82, 2.24) is 19.3 Å². The fourth-order valence-electron chi connectivity index (χ4n) is 4.93. The maximum absolute atomic E-state index is 14.1. The van der Waals surface area contributed by atoms with Crippen LogP contribution < -0.4 is 18.9 Å². The molecule has 0 aliphatic heterocycles. The number of imidazole rings is 1. The van der Waals surface area contributed by atoms with Gasteiger partial charge in [0.2, 0.25) is 16.1 Å². The highest BCUT2D eigenvalue weighted by Gasteiger charge is 2.32. The number of halogens is 1. The number of aromatic nitrogens is 4. The van der Waals surface area contributed by atoms with Crippen molar-refractivity contribution < 1.29 is 33.1 Å². The van der Waals surface area contributed by atoms with Gasteiger partial charge in [-0.2, -0.15) is 5.10 Å². The predicted octanol–water partition coefficient (Wildman–Crippen LogP) is 4.31. The summed E-state index contributed by atoms with van der Waals surface area (Å²) in [6.45, 7) is 2.35. The van der Waals surface area contributed by atoms with Crippen molar-refractivity contribution >= 4 is 38.6 Å². The lowest BCUT2D eigenvalue weighted by Gasteiger charge is -2.29. The molecule has 43 heavy (non-hydrogen) atoms. The number of nitrogens with zero attached hydrogens (tertiary/aromatic N) is 6. The first-order chi connectivity index (χ1) is 20.4. The molecule has 226 valence electrons. The average Bonchev–Trinajstić information content (AvgIpc) is 3.47. The molecule has 0 amide bonds. The number of rotatable bonds is 11. The molecule has 4 rings (SSSR count). The average molecular weight is 657 g/mol. The second-order valence-electron chi connectivity index (χ2n) is 10.2. The van der Waals surface area contributed by atoms with Gasteiger partial charge in [0.15, 0.2) is 23.9 Å². The molecule has 0 N–H and O–H groups in total. The van der Waals surface area contributed by atoms with Crippen LogP contribution in [0.15, 0.2) is 28.9 Å². The van der Waals surface area contributed by atoms with E-state index in [1.807, 2.05) is 14.1 Å². The summed E-state index contributed by atoms with van der Waals surface area (Å²) in [4.78, 5) is 29.0. The number of benzene rings is 2. The molecule has 2 aromatic heterocycles. The molecule has 0 aliphatic rings. The van der Waals surface area contributed by atoms with Gasteiger partial charge in [0.1, 0.15) is 18.0 Å². The summed E-state index contributed by atoms with van der Waals surface area (Å²) in [5.74, 6) is 6.98. The molecule has 0 aliphatic carbocycles. The van der Waals surface area contributed by atoms with Crippen molar-refractivity contribution in [2.24, 2.45) is 7.05 Å². The predicted molar refractivity (Wildman–Crippen MR) is 162 cm³/mol. The van der Waals surface area contributed by atoms with Crippen LogP contribution in [0, 0.1) is 22.0 Å². The highest BCUT2D eigenvalue weighted by atomic mass is 79.9. The topological polar surface area (TPSA) is 133 Å². The Kier molecular flexibility index (Phi) is 8.98. The van der Waals surface area contributed by atoms with Gasteiger partial charge >= 0.3 is 5.95 Å². The normalized spacial score (nSPS) is 11.2.